The van der Waals surface area contributed by atoms with Crippen LogP contribution in [0.15, 0.2) is 0 Å². The summed E-state index contributed by atoms with van der Waals surface area (Å²) in [7, 11) is 1.67. The van der Waals surface area contributed by atoms with Gasteiger partial charge in [0.15, 0.2) is 5.78 Å². The molecule has 1 aliphatic carbocycles. The highest BCUT2D eigenvalue weighted by Crippen LogP contribution is 2.27. The van der Waals surface area contributed by atoms with Gasteiger partial charge in [-0.1, -0.05) is 32.6 Å². The number of carbonyl (C=O) groups is 1. The quantitative estimate of drug-likeness (QED) is 0.649. The molecule has 1 atom stereocenters. The SMILES string of the molecule is CCC(=O)C(OC)C1CCCCCC1. The highest BCUT2D eigenvalue weighted by atomic mass is 16.5. The minimum absolute atomic E-state index is 0.127. The molecule has 0 N–H and O–H groups in total. The van der Waals surface area contributed by atoms with Crippen molar-refractivity contribution in [2.24, 2.45) is 5.92 Å². The Kier molecular flexibility index (Phi) is 5.16. The van der Waals surface area contributed by atoms with E-state index in [4.69, 9.17) is 4.74 Å². The molecule has 0 aromatic carbocycles. The summed E-state index contributed by atoms with van der Waals surface area (Å²) in [5.74, 6) is 0.759. The van der Waals surface area contributed by atoms with Crippen molar-refractivity contribution in [2.75, 3.05) is 7.11 Å². The minimum Gasteiger partial charge on any atom is -0.373 e. The molecule has 0 heterocycles. The molecule has 0 spiro atoms. The van der Waals surface area contributed by atoms with Crippen LogP contribution in [0.25, 0.3) is 0 Å². The van der Waals surface area contributed by atoms with Gasteiger partial charge in [0.05, 0.1) is 0 Å². The van der Waals surface area contributed by atoms with Crippen molar-refractivity contribution in [1.82, 2.24) is 0 Å². The van der Waals surface area contributed by atoms with Gasteiger partial charge < -0.3 is 4.74 Å². The maximum absolute atomic E-state index is 11.6. The van der Waals surface area contributed by atoms with Gasteiger partial charge >= 0.3 is 0 Å². The Morgan fingerprint density at radius 3 is 2.29 bits per heavy atom. The topological polar surface area (TPSA) is 26.3 Å². The predicted octanol–water partition coefficient (Wildman–Crippen LogP) is 2.95. The number of ketones is 1. The summed E-state index contributed by atoms with van der Waals surface area (Å²) in [5.41, 5.74) is 0. The van der Waals surface area contributed by atoms with Crippen LogP contribution < -0.4 is 0 Å². The third kappa shape index (κ3) is 3.09. The zero-order valence-corrected chi connectivity index (χ0v) is 9.42. The monoisotopic (exact) mass is 198 g/mol. The van der Waals surface area contributed by atoms with E-state index in [2.05, 4.69) is 0 Å². The van der Waals surface area contributed by atoms with Gasteiger partial charge in [-0.15, -0.1) is 0 Å². The Bertz CT molecular complexity index is 169. The standard InChI is InChI=1S/C12H22O2/c1-3-11(13)12(14-2)10-8-6-4-5-7-9-10/h10,12H,3-9H2,1-2H3. The molecule has 2 nitrogen and oxygen atoms in total. The molecule has 1 unspecified atom stereocenters. The van der Waals surface area contributed by atoms with Gasteiger partial charge in [-0.3, -0.25) is 4.79 Å². The fourth-order valence-electron chi connectivity index (χ4n) is 2.40. The van der Waals surface area contributed by atoms with E-state index in [9.17, 15) is 4.79 Å². The Morgan fingerprint density at radius 1 is 1.29 bits per heavy atom. The summed E-state index contributed by atoms with van der Waals surface area (Å²) in [6.45, 7) is 1.92. The van der Waals surface area contributed by atoms with E-state index in [0.717, 1.165) is 0 Å². The van der Waals surface area contributed by atoms with Gasteiger partial charge in [0.25, 0.3) is 0 Å². The van der Waals surface area contributed by atoms with Crippen molar-refractivity contribution in [3.8, 4) is 0 Å². The lowest BCUT2D eigenvalue weighted by Crippen LogP contribution is -2.31. The first-order chi connectivity index (χ1) is 6.79. The van der Waals surface area contributed by atoms with Crippen LogP contribution in [0.4, 0.5) is 0 Å². The molecule has 0 bridgehead atoms. The fourth-order valence-corrected chi connectivity index (χ4v) is 2.40. The lowest BCUT2D eigenvalue weighted by molar-refractivity contribution is -0.132. The van der Waals surface area contributed by atoms with Crippen molar-refractivity contribution in [1.29, 1.82) is 0 Å². The van der Waals surface area contributed by atoms with Crippen molar-refractivity contribution in [2.45, 2.75) is 58.0 Å². The first-order valence-electron chi connectivity index (χ1n) is 5.85. The third-order valence-corrected chi connectivity index (χ3v) is 3.25. The van der Waals surface area contributed by atoms with Crippen LogP contribution in [-0.2, 0) is 9.53 Å². The Hall–Kier alpha value is -0.370. The van der Waals surface area contributed by atoms with Crippen molar-refractivity contribution in [3.63, 3.8) is 0 Å². The van der Waals surface area contributed by atoms with Crippen LogP contribution in [0, 0.1) is 5.92 Å². The van der Waals surface area contributed by atoms with Gasteiger partial charge in [-0.05, 0) is 18.8 Å². The van der Waals surface area contributed by atoms with Crippen LogP contribution >= 0.6 is 0 Å². The number of hydrogen-bond acceptors (Lipinski definition) is 2. The summed E-state index contributed by atoms with van der Waals surface area (Å²) in [4.78, 5) is 11.6. The van der Waals surface area contributed by atoms with Gasteiger partial charge in [0, 0.05) is 13.5 Å². The van der Waals surface area contributed by atoms with E-state index in [1.54, 1.807) is 7.11 Å². The van der Waals surface area contributed by atoms with E-state index in [-0.39, 0.29) is 11.9 Å². The Balaban J connectivity index is 2.52. The number of Topliss-reactive ketones (excluding diaryl/α,β-unsaturated/α-hetero) is 1. The van der Waals surface area contributed by atoms with Gasteiger partial charge in [-0.2, -0.15) is 0 Å². The van der Waals surface area contributed by atoms with Crippen molar-refractivity contribution >= 4 is 5.78 Å². The first kappa shape index (κ1) is 11.7. The molecule has 1 fully saturated rings. The van der Waals surface area contributed by atoms with Crippen LogP contribution in [0.2, 0.25) is 0 Å². The largest absolute Gasteiger partial charge is 0.373 e. The average Bonchev–Trinajstić information content (AvgIpc) is 2.47. The van der Waals surface area contributed by atoms with Crippen molar-refractivity contribution < 1.29 is 9.53 Å². The highest BCUT2D eigenvalue weighted by molar-refractivity contribution is 5.83. The first-order valence-corrected chi connectivity index (χ1v) is 5.85. The smallest absolute Gasteiger partial charge is 0.161 e. The Labute approximate surface area is 87.0 Å². The summed E-state index contributed by atoms with van der Waals surface area (Å²) in [6, 6.07) is 0. The molecule has 0 aliphatic heterocycles. The maximum atomic E-state index is 11.6. The number of rotatable bonds is 4. The minimum atomic E-state index is -0.127. The molecular formula is C12H22O2. The molecule has 0 aromatic heterocycles. The average molecular weight is 198 g/mol. The van der Waals surface area contributed by atoms with E-state index in [1.165, 1.54) is 38.5 Å². The van der Waals surface area contributed by atoms with E-state index in [0.29, 0.717) is 12.3 Å². The fraction of sp³-hybridized carbons (Fsp3) is 0.917. The van der Waals surface area contributed by atoms with Gasteiger partial charge in [0.1, 0.15) is 6.10 Å². The van der Waals surface area contributed by atoms with E-state index >= 15 is 0 Å². The van der Waals surface area contributed by atoms with E-state index in [1.807, 2.05) is 6.92 Å². The number of hydrogen-bond donors (Lipinski definition) is 0. The van der Waals surface area contributed by atoms with Gasteiger partial charge in [0.2, 0.25) is 0 Å². The Morgan fingerprint density at radius 2 is 1.86 bits per heavy atom. The lowest BCUT2D eigenvalue weighted by Gasteiger charge is -2.23. The molecule has 0 amide bonds. The van der Waals surface area contributed by atoms with Crippen molar-refractivity contribution in [3.05, 3.63) is 0 Å². The molecule has 1 rings (SSSR count). The molecule has 82 valence electrons. The molecule has 0 saturated heterocycles. The second-order valence-corrected chi connectivity index (χ2v) is 4.23. The molecule has 0 aromatic rings. The maximum Gasteiger partial charge on any atom is 0.161 e. The van der Waals surface area contributed by atoms with Crippen LogP contribution in [0.5, 0.6) is 0 Å². The summed E-state index contributed by atoms with van der Waals surface area (Å²) in [6.07, 6.45) is 8.01. The predicted molar refractivity (Wildman–Crippen MR) is 57.3 cm³/mol. The second-order valence-electron chi connectivity index (χ2n) is 4.23. The number of ether oxygens (including phenoxy) is 1. The molecule has 1 saturated carbocycles. The molecular weight excluding hydrogens is 176 g/mol. The van der Waals surface area contributed by atoms with Crippen LogP contribution in [0.1, 0.15) is 51.9 Å². The van der Waals surface area contributed by atoms with Gasteiger partial charge in [-0.25, -0.2) is 0 Å². The summed E-state index contributed by atoms with van der Waals surface area (Å²) >= 11 is 0. The molecule has 2 heteroatoms. The lowest BCUT2D eigenvalue weighted by atomic mass is 9.90. The zero-order chi connectivity index (χ0) is 10.4. The number of methoxy groups -OCH3 is 1. The zero-order valence-electron chi connectivity index (χ0n) is 9.42. The van der Waals surface area contributed by atoms with E-state index < -0.39 is 0 Å². The molecule has 1 aliphatic rings. The number of carbonyl (C=O) groups excluding carboxylic acids is 1. The molecule has 14 heavy (non-hydrogen) atoms. The van der Waals surface area contributed by atoms with Crippen LogP contribution in [0.3, 0.4) is 0 Å². The summed E-state index contributed by atoms with van der Waals surface area (Å²) < 4.78 is 5.35. The van der Waals surface area contributed by atoms with Crippen LogP contribution in [-0.4, -0.2) is 19.0 Å². The summed E-state index contributed by atoms with van der Waals surface area (Å²) in [5, 5.41) is 0. The highest BCUT2D eigenvalue weighted by Gasteiger charge is 2.27. The third-order valence-electron chi connectivity index (χ3n) is 3.25. The second kappa shape index (κ2) is 6.18. The molecule has 0 radical (unpaired) electrons. The normalized spacial score (nSPS) is 21.6.